The van der Waals surface area contributed by atoms with Crippen LogP contribution in [0.1, 0.15) is 31.2 Å². The number of hydrogen-bond donors (Lipinski definition) is 1. The number of hydrogen-bond acceptors (Lipinski definition) is 3. The van der Waals surface area contributed by atoms with Crippen LogP contribution in [-0.4, -0.2) is 52.5 Å². The molecule has 3 rings (SSSR count). The van der Waals surface area contributed by atoms with Crippen LogP contribution < -0.4 is 0 Å². The van der Waals surface area contributed by atoms with Crippen LogP contribution in [0.2, 0.25) is 0 Å². The van der Waals surface area contributed by atoms with E-state index in [9.17, 15) is 14.0 Å². The van der Waals surface area contributed by atoms with Gasteiger partial charge in [-0.2, -0.15) is 0 Å². The molecule has 0 aliphatic carbocycles. The van der Waals surface area contributed by atoms with Crippen molar-refractivity contribution >= 4 is 24.3 Å². The van der Waals surface area contributed by atoms with Gasteiger partial charge in [0, 0.05) is 19.6 Å². The van der Waals surface area contributed by atoms with E-state index in [0.29, 0.717) is 26.1 Å². The van der Waals surface area contributed by atoms with E-state index in [1.54, 1.807) is 17.0 Å². The van der Waals surface area contributed by atoms with Gasteiger partial charge in [0.2, 0.25) is 5.91 Å². The summed E-state index contributed by atoms with van der Waals surface area (Å²) < 4.78 is 13.1. The minimum absolute atomic E-state index is 0. The van der Waals surface area contributed by atoms with Crippen molar-refractivity contribution in [3.63, 3.8) is 0 Å². The molecule has 138 valence electrons. The zero-order valence-electron chi connectivity index (χ0n) is 14.1. The Morgan fingerprint density at radius 1 is 1.12 bits per heavy atom. The van der Waals surface area contributed by atoms with E-state index in [1.165, 1.54) is 12.1 Å². The van der Waals surface area contributed by atoms with Crippen LogP contribution in [0.25, 0.3) is 0 Å². The van der Waals surface area contributed by atoms with Crippen molar-refractivity contribution in [3.05, 3.63) is 35.6 Å². The third-order valence-corrected chi connectivity index (χ3v) is 5.05. The summed E-state index contributed by atoms with van der Waals surface area (Å²) in [7, 11) is 0. The van der Waals surface area contributed by atoms with Crippen LogP contribution in [0.15, 0.2) is 24.3 Å². The van der Waals surface area contributed by atoms with Crippen LogP contribution in [-0.2, 0) is 16.1 Å². The predicted molar refractivity (Wildman–Crippen MR) is 94.0 cm³/mol. The molecule has 0 aromatic heterocycles. The summed E-state index contributed by atoms with van der Waals surface area (Å²) >= 11 is 0. The molecule has 5 nitrogen and oxygen atoms in total. The van der Waals surface area contributed by atoms with Gasteiger partial charge in [0.1, 0.15) is 5.82 Å². The van der Waals surface area contributed by atoms with Crippen molar-refractivity contribution in [1.29, 1.82) is 0 Å². The summed E-state index contributed by atoms with van der Waals surface area (Å²) in [6.07, 6.45) is 3.38. The highest BCUT2D eigenvalue weighted by molar-refractivity contribution is 5.85. The quantitative estimate of drug-likeness (QED) is 0.884. The van der Waals surface area contributed by atoms with Crippen molar-refractivity contribution in [2.75, 3.05) is 19.6 Å². The number of amides is 1. The monoisotopic (exact) mass is 370 g/mol. The van der Waals surface area contributed by atoms with Gasteiger partial charge in [-0.25, -0.2) is 4.39 Å². The normalized spacial score (nSPS) is 24.0. The molecule has 0 bridgehead atoms. The minimum Gasteiger partial charge on any atom is -0.481 e. The van der Waals surface area contributed by atoms with Crippen molar-refractivity contribution in [3.8, 4) is 0 Å². The Labute approximate surface area is 153 Å². The highest BCUT2D eigenvalue weighted by Crippen LogP contribution is 2.24. The predicted octanol–water partition coefficient (Wildman–Crippen LogP) is 2.54. The average Bonchev–Trinajstić information content (AvgIpc) is 3.07. The first kappa shape index (κ1) is 19.7. The number of carbonyl (C=O) groups excluding carboxylic acids is 1. The molecule has 2 heterocycles. The van der Waals surface area contributed by atoms with Gasteiger partial charge in [-0.1, -0.05) is 18.6 Å². The smallest absolute Gasteiger partial charge is 0.308 e. The second-order valence-electron chi connectivity index (χ2n) is 6.72. The second-order valence-corrected chi connectivity index (χ2v) is 6.72. The average molecular weight is 371 g/mol. The summed E-state index contributed by atoms with van der Waals surface area (Å²) in [5.41, 5.74) is 0.987. The summed E-state index contributed by atoms with van der Waals surface area (Å²) in [5.74, 6) is -1.48. The topological polar surface area (TPSA) is 60.9 Å². The molecule has 1 N–H and O–H groups in total. The number of nitrogens with zero attached hydrogens (tertiary/aromatic N) is 2. The number of halogens is 2. The number of carboxylic acids is 1. The Kier molecular flexibility index (Phi) is 6.79. The third kappa shape index (κ3) is 4.70. The van der Waals surface area contributed by atoms with Gasteiger partial charge in [0.05, 0.1) is 12.0 Å². The van der Waals surface area contributed by atoms with Gasteiger partial charge in [-0.15, -0.1) is 12.4 Å². The molecule has 2 fully saturated rings. The lowest BCUT2D eigenvalue weighted by molar-refractivity contribution is -0.142. The number of carboxylic acid groups (broad SMARTS) is 1. The summed E-state index contributed by atoms with van der Waals surface area (Å²) in [5, 5.41) is 9.11. The fourth-order valence-electron chi connectivity index (χ4n) is 3.66. The van der Waals surface area contributed by atoms with Crippen molar-refractivity contribution < 1.29 is 19.1 Å². The Bertz CT molecular complexity index is 611. The van der Waals surface area contributed by atoms with E-state index < -0.39 is 11.9 Å². The van der Waals surface area contributed by atoms with Gasteiger partial charge in [0.15, 0.2) is 0 Å². The molecule has 1 amide bonds. The van der Waals surface area contributed by atoms with Crippen LogP contribution >= 0.6 is 12.4 Å². The lowest BCUT2D eigenvalue weighted by Gasteiger charge is -2.36. The highest BCUT2D eigenvalue weighted by Gasteiger charge is 2.37. The van der Waals surface area contributed by atoms with E-state index in [1.807, 2.05) is 0 Å². The number of carbonyl (C=O) groups is 2. The number of likely N-dealkylation sites (tertiary alicyclic amines) is 2. The molecular weight excluding hydrogens is 347 g/mol. The maximum absolute atomic E-state index is 13.1. The minimum atomic E-state index is -0.822. The van der Waals surface area contributed by atoms with Gasteiger partial charge >= 0.3 is 5.97 Å². The first-order valence-corrected chi connectivity index (χ1v) is 8.54. The fraction of sp³-hybridized carbons (Fsp3) is 0.556. The summed E-state index contributed by atoms with van der Waals surface area (Å²) in [6, 6.07) is 6.18. The molecule has 0 radical (unpaired) electrons. The van der Waals surface area contributed by atoms with E-state index >= 15 is 0 Å². The summed E-state index contributed by atoms with van der Waals surface area (Å²) in [6.45, 7) is 2.29. The Morgan fingerprint density at radius 3 is 2.48 bits per heavy atom. The van der Waals surface area contributed by atoms with Gasteiger partial charge in [-0.3, -0.25) is 14.5 Å². The molecule has 25 heavy (non-hydrogen) atoms. The third-order valence-electron chi connectivity index (χ3n) is 5.05. The Hall–Kier alpha value is -1.66. The van der Waals surface area contributed by atoms with Gasteiger partial charge in [0.25, 0.3) is 0 Å². The molecule has 1 aromatic rings. The highest BCUT2D eigenvalue weighted by atomic mass is 35.5. The first-order chi connectivity index (χ1) is 11.5. The SMILES string of the molecule is Cl.O=C(O)C1CCN(C(=O)C2CCCCN2Cc2ccc(F)cc2)C1. The van der Waals surface area contributed by atoms with Gasteiger partial charge in [-0.05, 0) is 43.5 Å². The van der Waals surface area contributed by atoms with Gasteiger partial charge < -0.3 is 10.0 Å². The maximum atomic E-state index is 13.1. The summed E-state index contributed by atoms with van der Waals surface area (Å²) in [4.78, 5) is 27.8. The standard InChI is InChI=1S/C18H23FN2O3.ClH/c19-15-6-4-13(5-7-15)11-20-9-2-1-3-16(20)17(22)21-10-8-14(12-21)18(23)24;/h4-7,14,16H,1-3,8-12H2,(H,23,24);1H. The van der Waals surface area contributed by atoms with Crippen molar-refractivity contribution in [2.24, 2.45) is 5.92 Å². The largest absolute Gasteiger partial charge is 0.481 e. The van der Waals surface area contributed by atoms with E-state index in [4.69, 9.17) is 5.11 Å². The first-order valence-electron chi connectivity index (χ1n) is 8.54. The molecule has 0 saturated carbocycles. The number of piperidine rings is 1. The number of benzene rings is 1. The molecule has 2 aliphatic heterocycles. The number of aliphatic carboxylic acids is 1. The van der Waals surface area contributed by atoms with Crippen LogP contribution in [0.4, 0.5) is 4.39 Å². The van der Waals surface area contributed by atoms with Crippen LogP contribution in [0.5, 0.6) is 0 Å². The zero-order chi connectivity index (χ0) is 17.1. The molecule has 2 saturated heterocycles. The lowest BCUT2D eigenvalue weighted by Crippen LogP contribution is -2.50. The van der Waals surface area contributed by atoms with E-state index in [-0.39, 0.29) is 30.2 Å². The zero-order valence-corrected chi connectivity index (χ0v) is 14.9. The van der Waals surface area contributed by atoms with Crippen LogP contribution in [0, 0.1) is 11.7 Å². The van der Waals surface area contributed by atoms with Crippen molar-refractivity contribution in [2.45, 2.75) is 38.3 Å². The molecule has 2 unspecified atom stereocenters. The van der Waals surface area contributed by atoms with E-state index in [0.717, 1.165) is 31.4 Å². The fourth-order valence-corrected chi connectivity index (χ4v) is 3.66. The molecule has 0 spiro atoms. The second kappa shape index (κ2) is 8.63. The Morgan fingerprint density at radius 2 is 1.84 bits per heavy atom. The molecular formula is C18H24ClFN2O3. The lowest BCUT2D eigenvalue weighted by atomic mass is 10.00. The Balaban J connectivity index is 0.00000225. The van der Waals surface area contributed by atoms with E-state index in [2.05, 4.69) is 4.90 Å². The maximum Gasteiger partial charge on any atom is 0.308 e. The van der Waals surface area contributed by atoms with Crippen LogP contribution in [0.3, 0.4) is 0 Å². The molecule has 1 aromatic carbocycles. The number of rotatable bonds is 4. The molecule has 7 heteroatoms. The molecule has 2 atom stereocenters. The van der Waals surface area contributed by atoms with Crippen molar-refractivity contribution in [1.82, 2.24) is 9.80 Å². The molecule has 2 aliphatic rings.